The van der Waals surface area contributed by atoms with Gasteiger partial charge >= 0.3 is 0 Å². The third kappa shape index (κ3) is 4.73. The van der Waals surface area contributed by atoms with E-state index in [0.29, 0.717) is 0 Å². The Morgan fingerprint density at radius 3 is 2.33 bits per heavy atom. The lowest BCUT2D eigenvalue weighted by molar-refractivity contribution is -0.0166. The van der Waals surface area contributed by atoms with Gasteiger partial charge in [-0.2, -0.15) is 0 Å². The van der Waals surface area contributed by atoms with E-state index in [-0.39, 0.29) is 11.1 Å². The molecule has 1 aliphatic carbocycles. The standard InChI is InChI=1S/C26H41N7/c1-25(2,3)31-17-13-26(14-18-31,32-16-8-15-30(19-20-32)23-11-7-12-23)24-27-28-29-33(24)21-22-9-5-4-6-10-22/h4-6,9-10,23H,7-8,11-21H2,1-3H3. The fraction of sp³-hybridized carbons (Fsp3) is 0.731. The molecule has 0 radical (unpaired) electrons. The first-order valence-electron chi connectivity index (χ1n) is 13.0. The lowest BCUT2D eigenvalue weighted by Gasteiger charge is -2.50. The van der Waals surface area contributed by atoms with E-state index >= 15 is 0 Å². The maximum atomic E-state index is 4.71. The number of hydrogen-bond acceptors (Lipinski definition) is 6. The summed E-state index contributed by atoms with van der Waals surface area (Å²) in [4.78, 5) is 8.16. The fourth-order valence-electron chi connectivity index (χ4n) is 6.11. The van der Waals surface area contributed by atoms with E-state index in [0.717, 1.165) is 57.4 Å². The van der Waals surface area contributed by atoms with Gasteiger partial charge in [0, 0.05) is 44.3 Å². The van der Waals surface area contributed by atoms with Crippen LogP contribution in [0.4, 0.5) is 0 Å². The molecule has 2 aromatic rings. The van der Waals surface area contributed by atoms with E-state index in [2.05, 4.69) is 80.9 Å². The lowest BCUT2D eigenvalue weighted by Crippen LogP contribution is -2.58. The van der Waals surface area contributed by atoms with Gasteiger partial charge in [0.15, 0.2) is 5.82 Å². The van der Waals surface area contributed by atoms with Crippen molar-refractivity contribution in [2.75, 3.05) is 39.3 Å². The number of hydrogen-bond donors (Lipinski definition) is 0. The van der Waals surface area contributed by atoms with Gasteiger partial charge in [0.1, 0.15) is 0 Å². The Hall–Kier alpha value is -1.83. The maximum Gasteiger partial charge on any atom is 0.172 e. The molecule has 0 amide bonds. The van der Waals surface area contributed by atoms with Crippen LogP contribution in [-0.4, -0.2) is 85.8 Å². The van der Waals surface area contributed by atoms with Crippen molar-refractivity contribution in [2.24, 2.45) is 0 Å². The van der Waals surface area contributed by atoms with Crippen molar-refractivity contribution < 1.29 is 0 Å². The van der Waals surface area contributed by atoms with Gasteiger partial charge in [-0.3, -0.25) is 14.7 Å². The Morgan fingerprint density at radius 1 is 0.909 bits per heavy atom. The van der Waals surface area contributed by atoms with E-state index < -0.39 is 0 Å². The molecule has 7 nitrogen and oxygen atoms in total. The number of likely N-dealkylation sites (tertiary alicyclic amines) is 1. The van der Waals surface area contributed by atoms with Crippen LogP contribution < -0.4 is 0 Å². The molecule has 0 bridgehead atoms. The molecule has 33 heavy (non-hydrogen) atoms. The summed E-state index contributed by atoms with van der Waals surface area (Å²) in [6, 6.07) is 11.4. The van der Waals surface area contributed by atoms with E-state index in [4.69, 9.17) is 5.10 Å². The number of rotatable bonds is 5. The summed E-state index contributed by atoms with van der Waals surface area (Å²) in [6.07, 6.45) is 7.60. The molecule has 3 heterocycles. The van der Waals surface area contributed by atoms with Crippen molar-refractivity contribution in [3.63, 3.8) is 0 Å². The van der Waals surface area contributed by atoms with Crippen LogP contribution in [0.25, 0.3) is 0 Å². The van der Waals surface area contributed by atoms with E-state index in [1.54, 1.807) is 0 Å². The van der Waals surface area contributed by atoms with Crippen LogP contribution in [0.5, 0.6) is 0 Å². The largest absolute Gasteiger partial charge is 0.299 e. The molecule has 0 N–H and O–H groups in total. The Balaban J connectivity index is 1.42. The SMILES string of the molecule is CC(C)(C)N1CCC(c2nnnn2Cc2ccccc2)(N2CCCN(C3CCC3)CC2)CC1. The summed E-state index contributed by atoms with van der Waals surface area (Å²) in [5.74, 6) is 1.07. The predicted molar refractivity (Wildman–Crippen MR) is 131 cm³/mol. The molecule has 7 heteroatoms. The van der Waals surface area contributed by atoms with Crippen LogP contribution >= 0.6 is 0 Å². The number of piperidine rings is 1. The van der Waals surface area contributed by atoms with Crippen LogP contribution in [0.2, 0.25) is 0 Å². The second kappa shape index (κ2) is 9.43. The smallest absolute Gasteiger partial charge is 0.172 e. The van der Waals surface area contributed by atoms with Crippen molar-refractivity contribution in [1.29, 1.82) is 0 Å². The summed E-state index contributed by atoms with van der Waals surface area (Å²) < 4.78 is 2.08. The Bertz CT molecular complexity index is 891. The van der Waals surface area contributed by atoms with Gasteiger partial charge in [-0.1, -0.05) is 36.8 Å². The highest BCUT2D eigenvalue weighted by Crippen LogP contribution is 2.40. The van der Waals surface area contributed by atoms with Crippen LogP contribution in [0.1, 0.15) is 70.7 Å². The normalized spacial score (nSPS) is 23.8. The minimum Gasteiger partial charge on any atom is -0.299 e. The molecule has 1 aromatic carbocycles. The van der Waals surface area contributed by atoms with Gasteiger partial charge in [-0.25, -0.2) is 4.68 Å². The highest BCUT2D eigenvalue weighted by Gasteiger charge is 2.47. The summed E-state index contributed by atoms with van der Waals surface area (Å²) in [5, 5.41) is 13.4. The highest BCUT2D eigenvalue weighted by atomic mass is 15.6. The summed E-state index contributed by atoms with van der Waals surface area (Å²) >= 11 is 0. The zero-order chi connectivity index (χ0) is 22.9. The van der Waals surface area contributed by atoms with Crippen molar-refractivity contribution in [2.45, 2.75) is 83.0 Å². The number of tetrazole rings is 1. The molecule has 5 rings (SSSR count). The molecule has 180 valence electrons. The van der Waals surface area contributed by atoms with Gasteiger partial charge in [0.25, 0.3) is 0 Å². The predicted octanol–water partition coefficient (Wildman–Crippen LogP) is 3.37. The second-order valence-corrected chi connectivity index (χ2v) is 11.3. The molecular formula is C26H41N7. The molecule has 0 unspecified atom stereocenters. The Kier molecular flexibility index (Phi) is 6.56. The average Bonchev–Trinajstić information content (AvgIpc) is 3.10. The molecule has 0 spiro atoms. The molecule has 2 aliphatic heterocycles. The zero-order valence-corrected chi connectivity index (χ0v) is 20.8. The number of aromatic nitrogens is 4. The third-order valence-electron chi connectivity index (χ3n) is 8.39. The lowest BCUT2D eigenvalue weighted by atomic mass is 9.82. The quantitative estimate of drug-likeness (QED) is 0.695. The molecular weight excluding hydrogens is 410 g/mol. The third-order valence-corrected chi connectivity index (χ3v) is 8.39. The van der Waals surface area contributed by atoms with Gasteiger partial charge in [0.2, 0.25) is 0 Å². The summed E-state index contributed by atoms with van der Waals surface area (Å²) in [7, 11) is 0. The summed E-state index contributed by atoms with van der Waals surface area (Å²) in [6.45, 7) is 14.6. The molecule has 1 saturated carbocycles. The van der Waals surface area contributed by atoms with Crippen molar-refractivity contribution in [3.05, 3.63) is 41.7 Å². The number of benzene rings is 1. The Labute approximate surface area is 199 Å². The van der Waals surface area contributed by atoms with Crippen molar-refractivity contribution in [3.8, 4) is 0 Å². The Morgan fingerprint density at radius 2 is 1.67 bits per heavy atom. The monoisotopic (exact) mass is 451 g/mol. The second-order valence-electron chi connectivity index (χ2n) is 11.3. The van der Waals surface area contributed by atoms with E-state index in [1.165, 1.54) is 44.3 Å². The van der Waals surface area contributed by atoms with E-state index in [1.807, 2.05) is 0 Å². The minimum atomic E-state index is -0.0876. The molecule has 0 atom stereocenters. The maximum absolute atomic E-state index is 4.71. The van der Waals surface area contributed by atoms with Crippen LogP contribution in [0.15, 0.2) is 30.3 Å². The number of nitrogens with zero attached hydrogens (tertiary/aromatic N) is 7. The van der Waals surface area contributed by atoms with Crippen molar-refractivity contribution >= 4 is 0 Å². The first-order valence-corrected chi connectivity index (χ1v) is 13.0. The molecule has 3 aliphatic rings. The molecule has 3 fully saturated rings. The highest BCUT2D eigenvalue weighted by molar-refractivity contribution is 5.17. The van der Waals surface area contributed by atoms with Gasteiger partial charge in [-0.15, -0.1) is 5.10 Å². The topological polar surface area (TPSA) is 53.3 Å². The van der Waals surface area contributed by atoms with Crippen LogP contribution in [0, 0.1) is 0 Å². The van der Waals surface area contributed by atoms with Gasteiger partial charge < -0.3 is 0 Å². The minimum absolute atomic E-state index is 0.0876. The van der Waals surface area contributed by atoms with Crippen molar-refractivity contribution in [1.82, 2.24) is 34.9 Å². The molecule has 1 aromatic heterocycles. The first-order chi connectivity index (χ1) is 16.0. The van der Waals surface area contributed by atoms with E-state index in [9.17, 15) is 0 Å². The first kappa shape index (κ1) is 22.9. The fourth-order valence-corrected chi connectivity index (χ4v) is 6.11. The average molecular weight is 452 g/mol. The molecule has 2 saturated heterocycles. The van der Waals surface area contributed by atoms with Crippen LogP contribution in [0.3, 0.4) is 0 Å². The summed E-state index contributed by atoms with van der Waals surface area (Å²) in [5.41, 5.74) is 1.36. The zero-order valence-electron chi connectivity index (χ0n) is 20.8. The van der Waals surface area contributed by atoms with Gasteiger partial charge in [-0.05, 0) is 75.4 Å². The van der Waals surface area contributed by atoms with Crippen LogP contribution in [-0.2, 0) is 12.1 Å². The van der Waals surface area contributed by atoms with Gasteiger partial charge in [0.05, 0.1) is 12.1 Å².